The zero-order chi connectivity index (χ0) is 16.4. The number of benzene rings is 2. The third kappa shape index (κ3) is 2.74. The summed E-state index contributed by atoms with van der Waals surface area (Å²) in [6.07, 6.45) is 1.19. The summed E-state index contributed by atoms with van der Waals surface area (Å²) in [4.78, 5) is 11.4. The number of ether oxygens (including phenoxy) is 2. The van der Waals surface area contributed by atoms with Crippen LogP contribution in [0, 0.1) is 10.1 Å². The van der Waals surface area contributed by atoms with Crippen LogP contribution in [0.4, 0.5) is 0 Å². The van der Waals surface area contributed by atoms with E-state index in [1.165, 1.54) is 0 Å². The number of hydrogen-bond donors (Lipinski definition) is 0. The lowest BCUT2D eigenvalue weighted by Gasteiger charge is -2.29. The van der Waals surface area contributed by atoms with Crippen molar-refractivity contribution in [3.8, 4) is 11.5 Å². The SMILES string of the molecule is COc1cc2c(cc1OC)[C@@H](c1ccccc1)[C@H]([N+](=O)[O-])CC2. The second-order valence-electron chi connectivity index (χ2n) is 5.69. The van der Waals surface area contributed by atoms with Crippen molar-refractivity contribution in [2.24, 2.45) is 0 Å². The van der Waals surface area contributed by atoms with Gasteiger partial charge in [0.1, 0.15) is 0 Å². The average Bonchev–Trinajstić information content (AvgIpc) is 2.59. The number of aryl methyl sites for hydroxylation is 1. The Balaban J connectivity index is 2.17. The fourth-order valence-electron chi connectivity index (χ4n) is 3.41. The Morgan fingerprint density at radius 1 is 1.09 bits per heavy atom. The molecule has 23 heavy (non-hydrogen) atoms. The summed E-state index contributed by atoms with van der Waals surface area (Å²) >= 11 is 0. The van der Waals surface area contributed by atoms with E-state index in [2.05, 4.69) is 0 Å². The van der Waals surface area contributed by atoms with Gasteiger partial charge in [-0.15, -0.1) is 0 Å². The second kappa shape index (κ2) is 6.28. The molecular weight excluding hydrogens is 294 g/mol. The van der Waals surface area contributed by atoms with Gasteiger partial charge in [-0.25, -0.2) is 0 Å². The minimum absolute atomic E-state index is 0.155. The number of methoxy groups -OCH3 is 2. The van der Waals surface area contributed by atoms with E-state index >= 15 is 0 Å². The van der Waals surface area contributed by atoms with E-state index < -0.39 is 6.04 Å². The highest BCUT2D eigenvalue weighted by molar-refractivity contribution is 5.52. The Morgan fingerprint density at radius 2 is 1.74 bits per heavy atom. The number of nitrogens with zero attached hydrogens (tertiary/aromatic N) is 1. The van der Waals surface area contributed by atoms with E-state index in [4.69, 9.17) is 9.47 Å². The van der Waals surface area contributed by atoms with Crippen molar-refractivity contribution >= 4 is 0 Å². The van der Waals surface area contributed by atoms with Gasteiger partial charge >= 0.3 is 0 Å². The van der Waals surface area contributed by atoms with Crippen LogP contribution in [0.1, 0.15) is 29.0 Å². The first-order valence-corrected chi connectivity index (χ1v) is 7.59. The van der Waals surface area contributed by atoms with E-state index in [1.807, 2.05) is 42.5 Å². The van der Waals surface area contributed by atoms with Gasteiger partial charge in [-0.2, -0.15) is 0 Å². The molecule has 5 nitrogen and oxygen atoms in total. The van der Waals surface area contributed by atoms with Crippen LogP contribution in [0.25, 0.3) is 0 Å². The zero-order valence-corrected chi connectivity index (χ0v) is 13.2. The van der Waals surface area contributed by atoms with Crippen LogP contribution in [0.3, 0.4) is 0 Å². The van der Waals surface area contributed by atoms with Crippen LogP contribution in [0.15, 0.2) is 42.5 Å². The molecule has 0 spiro atoms. The molecule has 0 heterocycles. The largest absolute Gasteiger partial charge is 0.493 e. The molecular formula is C18H19NO4. The van der Waals surface area contributed by atoms with E-state index in [1.54, 1.807) is 14.2 Å². The maximum Gasteiger partial charge on any atom is 0.224 e. The molecule has 5 heteroatoms. The molecule has 0 radical (unpaired) electrons. The lowest BCUT2D eigenvalue weighted by Crippen LogP contribution is -2.33. The second-order valence-corrected chi connectivity index (χ2v) is 5.69. The third-order valence-corrected chi connectivity index (χ3v) is 4.50. The Kier molecular flexibility index (Phi) is 4.19. The maximum absolute atomic E-state index is 11.6. The van der Waals surface area contributed by atoms with Gasteiger partial charge in [-0.05, 0) is 35.2 Å². The minimum Gasteiger partial charge on any atom is -0.493 e. The molecule has 0 unspecified atom stereocenters. The Labute approximate surface area is 135 Å². The lowest BCUT2D eigenvalue weighted by molar-refractivity contribution is -0.526. The van der Waals surface area contributed by atoms with Gasteiger partial charge < -0.3 is 9.47 Å². The lowest BCUT2D eigenvalue weighted by atomic mass is 9.75. The molecule has 0 aliphatic heterocycles. The van der Waals surface area contributed by atoms with Gasteiger partial charge in [0, 0.05) is 11.3 Å². The molecule has 2 aromatic carbocycles. The zero-order valence-electron chi connectivity index (χ0n) is 13.2. The summed E-state index contributed by atoms with van der Waals surface area (Å²) in [6.45, 7) is 0. The monoisotopic (exact) mass is 313 g/mol. The Morgan fingerprint density at radius 3 is 2.35 bits per heavy atom. The molecule has 2 aromatic rings. The summed E-state index contributed by atoms with van der Waals surface area (Å²) in [5, 5.41) is 11.6. The molecule has 0 N–H and O–H groups in total. The molecule has 1 aliphatic rings. The van der Waals surface area contributed by atoms with E-state index in [0.29, 0.717) is 24.3 Å². The number of rotatable bonds is 4. The Bertz CT molecular complexity index is 714. The molecule has 0 saturated heterocycles. The molecule has 0 aromatic heterocycles. The average molecular weight is 313 g/mol. The van der Waals surface area contributed by atoms with Crippen molar-refractivity contribution < 1.29 is 14.4 Å². The fraction of sp³-hybridized carbons (Fsp3) is 0.333. The molecule has 1 aliphatic carbocycles. The van der Waals surface area contributed by atoms with Gasteiger partial charge in [-0.1, -0.05) is 30.3 Å². The van der Waals surface area contributed by atoms with Crippen LogP contribution < -0.4 is 9.47 Å². The molecule has 120 valence electrons. The molecule has 3 rings (SSSR count). The molecule has 0 amide bonds. The van der Waals surface area contributed by atoms with E-state index in [9.17, 15) is 10.1 Å². The van der Waals surface area contributed by atoms with Crippen molar-refractivity contribution in [3.63, 3.8) is 0 Å². The van der Waals surface area contributed by atoms with E-state index in [0.717, 1.165) is 16.7 Å². The van der Waals surface area contributed by atoms with Crippen LogP contribution in [0.2, 0.25) is 0 Å². The first-order chi connectivity index (χ1) is 11.2. The summed E-state index contributed by atoms with van der Waals surface area (Å²) in [6, 6.07) is 12.9. The first kappa shape index (κ1) is 15.3. The highest BCUT2D eigenvalue weighted by atomic mass is 16.6. The quantitative estimate of drug-likeness (QED) is 0.641. The smallest absolute Gasteiger partial charge is 0.224 e. The summed E-state index contributed by atoms with van der Waals surface area (Å²) in [7, 11) is 3.18. The maximum atomic E-state index is 11.6. The topological polar surface area (TPSA) is 61.6 Å². The van der Waals surface area contributed by atoms with Crippen LogP contribution in [0.5, 0.6) is 11.5 Å². The van der Waals surface area contributed by atoms with Crippen molar-refractivity contribution in [3.05, 3.63) is 69.3 Å². The number of hydrogen-bond acceptors (Lipinski definition) is 4. The van der Waals surface area contributed by atoms with Crippen molar-refractivity contribution in [2.45, 2.75) is 24.8 Å². The highest BCUT2D eigenvalue weighted by Crippen LogP contribution is 2.42. The highest BCUT2D eigenvalue weighted by Gasteiger charge is 2.39. The molecule has 2 atom stereocenters. The number of nitro groups is 1. The first-order valence-electron chi connectivity index (χ1n) is 7.59. The summed E-state index contributed by atoms with van der Waals surface area (Å²) < 4.78 is 10.7. The van der Waals surface area contributed by atoms with Gasteiger partial charge in [0.05, 0.1) is 20.1 Å². The summed E-state index contributed by atoms with van der Waals surface area (Å²) in [5.74, 6) is 1.00. The normalized spacial score (nSPS) is 19.7. The third-order valence-electron chi connectivity index (χ3n) is 4.50. The number of fused-ring (bicyclic) bond motifs is 1. The standard InChI is InChI=1S/C18H19NO4/c1-22-16-10-13-8-9-15(19(20)21)18(12-6-4-3-5-7-12)14(13)11-17(16)23-2/h3-7,10-11,15,18H,8-9H2,1-2H3/t15-,18-/m1/s1. The van der Waals surface area contributed by atoms with E-state index in [-0.39, 0.29) is 10.8 Å². The molecule has 0 saturated carbocycles. The molecule has 0 fully saturated rings. The Hall–Kier alpha value is -2.56. The van der Waals surface area contributed by atoms with Crippen LogP contribution in [-0.4, -0.2) is 25.2 Å². The van der Waals surface area contributed by atoms with Crippen molar-refractivity contribution in [2.75, 3.05) is 14.2 Å². The van der Waals surface area contributed by atoms with Gasteiger partial charge in [0.25, 0.3) is 0 Å². The van der Waals surface area contributed by atoms with Gasteiger partial charge in [-0.3, -0.25) is 10.1 Å². The predicted octanol–water partition coefficient (Wildman–Crippen LogP) is 3.43. The molecule has 0 bridgehead atoms. The van der Waals surface area contributed by atoms with Crippen LogP contribution in [-0.2, 0) is 6.42 Å². The summed E-state index contributed by atoms with van der Waals surface area (Å²) in [5.41, 5.74) is 3.01. The fourth-order valence-corrected chi connectivity index (χ4v) is 3.41. The van der Waals surface area contributed by atoms with Crippen molar-refractivity contribution in [1.82, 2.24) is 0 Å². The van der Waals surface area contributed by atoms with Gasteiger partial charge in [0.15, 0.2) is 11.5 Å². The predicted molar refractivity (Wildman–Crippen MR) is 86.9 cm³/mol. The van der Waals surface area contributed by atoms with Gasteiger partial charge in [0.2, 0.25) is 6.04 Å². The van der Waals surface area contributed by atoms with Crippen molar-refractivity contribution in [1.29, 1.82) is 0 Å². The van der Waals surface area contributed by atoms with Crippen LogP contribution >= 0.6 is 0 Å². The minimum atomic E-state index is -0.622.